The molecule has 0 N–H and O–H groups in total. The molecule has 0 fully saturated rings. The molecule has 0 radical (unpaired) electrons. The summed E-state index contributed by atoms with van der Waals surface area (Å²) in [5, 5.41) is 2.74. The highest BCUT2D eigenvalue weighted by atomic mass is 14.3. The van der Waals surface area contributed by atoms with Crippen LogP contribution in [0.5, 0.6) is 0 Å². The first kappa shape index (κ1) is 11.0. The number of rotatable bonds is 0. The first-order valence-corrected chi connectivity index (χ1v) is 7.16. The van der Waals surface area contributed by atoms with Crippen molar-refractivity contribution in [1.29, 1.82) is 0 Å². The normalized spacial score (nSPS) is 21.4. The monoisotopic (exact) mass is 246 g/mol. The van der Waals surface area contributed by atoms with E-state index in [-0.39, 0.29) is 0 Å². The summed E-state index contributed by atoms with van der Waals surface area (Å²) in [6, 6.07) is 13.5. The predicted octanol–water partition coefficient (Wildman–Crippen LogP) is 5.14. The molecule has 19 heavy (non-hydrogen) atoms. The molecule has 0 saturated carbocycles. The Balaban J connectivity index is 1.98. The fourth-order valence-corrected chi connectivity index (χ4v) is 3.64. The van der Waals surface area contributed by atoms with E-state index in [1.54, 1.807) is 11.1 Å². The molecule has 0 heteroatoms. The summed E-state index contributed by atoms with van der Waals surface area (Å²) in [6.45, 7) is 4.63. The van der Waals surface area contributed by atoms with Crippen molar-refractivity contribution in [1.82, 2.24) is 0 Å². The lowest BCUT2D eigenvalue weighted by atomic mass is 9.84. The molecule has 0 heterocycles. The largest absolute Gasteiger partial charge is 0.0807 e. The van der Waals surface area contributed by atoms with Crippen LogP contribution >= 0.6 is 0 Å². The topological polar surface area (TPSA) is 0 Å². The average molecular weight is 246 g/mol. The molecule has 2 aromatic carbocycles. The zero-order valence-electron chi connectivity index (χ0n) is 11.5. The summed E-state index contributed by atoms with van der Waals surface area (Å²) in [6.07, 6.45) is 4.73. The molecule has 0 nitrogen and oxygen atoms in total. The van der Waals surface area contributed by atoms with Gasteiger partial charge in [0.25, 0.3) is 0 Å². The van der Waals surface area contributed by atoms with Gasteiger partial charge in [0.15, 0.2) is 0 Å². The van der Waals surface area contributed by atoms with Gasteiger partial charge in [-0.05, 0) is 64.8 Å². The molecule has 2 aliphatic carbocycles. The molecule has 94 valence electrons. The summed E-state index contributed by atoms with van der Waals surface area (Å²) >= 11 is 0. The van der Waals surface area contributed by atoms with Crippen molar-refractivity contribution < 1.29 is 0 Å². The molecule has 1 unspecified atom stereocenters. The lowest BCUT2D eigenvalue weighted by molar-refractivity contribution is 0.748. The van der Waals surface area contributed by atoms with Crippen LogP contribution in [-0.2, 0) is 6.42 Å². The van der Waals surface area contributed by atoms with Gasteiger partial charge >= 0.3 is 0 Å². The highest BCUT2D eigenvalue weighted by Crippen LogP contribution is 2.45. The van der Waals surface area contributed by atoms with Gasteiger partial charge in [-0.25, -0.2) is 0 Å². The first-order valence-electron chi connectivity index (χ1n) is 7.16. The lowest BCUT2D eigenvalue weighted by Crippen LogP contribution is -2.04. The van der Waals surface area contributed by atoms with Gasteiger partial charge in [0.1, 0.15) is 0 Å². The van der Waals surface area contributed by atoms with Gasteiger partial charge < -0.3 is 0 Å². The summed E-state index contributed by atoms with van der Waals surface area (Å²) in [7, 11) is 0. The second-order valence-corrected chi connectivity index (χ2v) is 5.95. The fourth-order valence-electron chi connectivity index (χ4n) is 3.64. The molecule has 0 aromatic heterocycles. The summed E-state index contributed by atoms with van der Waals surface area (Å²) in [5.74, 6) is 0.668. The maximum Gasteiger partial charge on any atom is -0.00139 e. The van der Waals surface area contributed by atoms with Gasteiger partial charge in [-0.3, -0.25) is 0 Å². The lowest BCUT2D eigenvalue weighted by Gasteiger charge is -2.21. The van der Waals surface area contributed by atoms with Gasteiger partial charge in [-0.15, -0.1) is 0 Å². The zero-order chi connectivity index (χ0) is 13.0. The van der Waals surface area contributed by atoms with E-state index < -0.39 is 0 Å². The number of hydrogen-bond donors (Lipinski definition) is 0. The van der Waals surface area contributed by atoms with E-state index in [4.69, 9.17) is 0 Å². The number of fused-ring (bicyclic) bond motifs is 3. The molecule has 2 aromatic rings. The summed E-state index contributed by atoms with van der Waals surface area (Å²) < 4.78 is 0. The molecular formula is C19H18. The first-order chi connectivity index (χ1) is 9.24. The van der Waals surface area contributed by atoms with Crippen LogP contribution in [0.2, 0.25) is 0 Å². The van der Waals surface area contributed by atoms with Crippen LogP contribution < -0.4 is 0 Å². The molecule has 0 amide bonds. The maximum absolute atomic E-state index is 2.41. The molecule has 0 spiro atoms. The van der Waals surface area contributed by atoms with Crippen LogP contribution in [-0.4, -0.2) is 0 Å². The van der Waals surface area contributed by atoms with E-state index in [1.165, 1.54) is 33.9 Å². The van der Waals surface area contributed by atoms with Crippen molar-refractivity contribution in [2.45, 2.75) is 26.7 Å². The van der Waals surface area contributed by atoms with Crippen LogP contribution in [0, 0.1) is 5.92 Å². The van der Waals surface area contributed by atoms with Crippen LogP contribution in [0.4, 0.5) is 0 Å². The number of benzene rings is 2. The van der Waals surface area contributed by atoms with Gasteiger partial charge in [0.05, 0.1) is 0 Å². The van der Waals surface area contributed by atoms with E-state index >= 15 is 0 Å². The van der Waals surface area contributed by atoms with Gasteiger partial charge in [0.2, 0.25) is 0 Å². The Bertz CT molecular complexity index is 744. The van der Waals surface area contributed by atoms with Gasteiger partial charge in [-0.2, -0.15) is 0 Å². The van der Waals surface area contributed by atoms with Crippen molar-refractivity contribution in [2.75, 3.05) is 0 Å². The molecule has 4 rings (SSSR count). The standard InChI is InChI=1S/C19H18/c1-12-7-8-13(2)19-17(12)11-16-9-14-5-3-4-6-15(14)10-18(16)19/h3-7,9-10,13H,8,11H2,1-2H3. The quantitative estimate of drug-likeness (QED) is 0.604. The second kappa shape index (κ2) is 3.84. The van der Waals surface area contributed by atoms with Gasteiger partial charge in [0, 0.05) is 0 Å². The minimum atomic E-state index is 0.668. The average Bonchev–Trinajstić information content (AvgIpc) is 2.80. The molecule has 2 aliphatic rings. The second-order valence-electron chi connectivity index (χ2n) is 5.95. The van der Waals surface area contributed by atoms with Crippen molar-refractivity contribution in [2.24, 2.45) is 5.92 Å². The molecule has 0 saturated heterocycles. The van der Waals surface area contributed by atoms with E-state index in [9.17, 15) is 0 Å². The van der Waals surface area contributed by atoms with Crippen LogP contribution in [0.3, 0.4) is 0 Å². The number of hydrogen-bond acceptors (Lipinski definition) is 0. The third-order valence-corrected chi connectivity index (χ3v) is 4.70. The number of allylic oxidation sites excluding steroid dienone is 4. The third-order valence-electron chi connectivity index (χ3n) is 4.70. The minimum absolute atomic E-state index is 0.668. The van der Waals surface area contributed by atoms with Crippen molar-refractivity contribution in [3.8, 4) is 0 Å². The molecular weight excluding hydrogens is 228 g/mol. The fraction of sp³-hybridized carbons (Fsp3) is 0.263. The highest BCUT2D eigenvalue weighted by molar-refractivity contribution is 5.92. The Kier molecular flexibility index (Phi) is 2.23. The SMILES string of the molecule is CC1=CCC(C)C2=C1Cc1cc3ccccc3cc12. The Morgan fingerprint density at radius 2 is 1.79 bits per heavy atom. The van der Waals surface area contributed by atoms with Crippen molar-refractivity contribution in [3.05, 3.63) is 64.7 Å². The van der Waals surface area contributed by atoms with Crippen molar-refractivity contribution >= 4 is 16.3 Å². The van der Waals surface area contributed by atoms with Crippen LogP contribution in [0.25, 0.3) is 16.3 Å². The van der Waals surface area contributed by atoms with E-state index in [1.807, 2.05) is 0 Å². The van der Waals surface area contributed by atoms with Crippen LogP contribution in [0.1, 0.15) is 31.4 Å². The Morgan fingerprint density at radius 1 is 1.05 bits per heavy atom. The predicted molar refractivity (Wildman–Crippen MR) is 82.1 cm³/mol. The van der Waals surface area contributed by atoms with E-state index in [2.05, 4.69) is 56.3 Å². The minimum Gasteiger partial charge on any atom is -0.0807 e. The highest BCUT2D eigenvalue weighted by Gasteiger charge is 2.28. The van der Waals surface area contributed by atoms with E-state index in [0.717, 1.165) is 6.42 Å². The van der Waals surface area contributed by atoms with Gasteiger partial charge in [-0.1, -0.05) is 48.9 Å². The summed E-state index contributed by atoms with van der Waals surface area (Å²) in [4.78, 5) is 0. The molecule has 1 atom stereocenters. The molecule has 0 aliphatic heterocycles. The van der Waals surface area contributed by atoms with Crippen molar-refractivity contribution in [3.63, 3.8) is 0 Å². The third kappa shape index (κ3) is 1.53. The smallest absolute Gasteiger partial charge is 0.00139 e. The van der Waals surface area contributed by atoms with E-state index in [0.29, 0.717) is 5.92 Å². The molecule has 0 bridgehead atoms. The maximum atomic E-state index is 2.41. The van der Waals surface area contributed by atoms with Crippen LogP contribution in [0.15, 0.2) is 53.6 Å². The Hall–Kier alpha value is -1.82. The Morgan fingerprint density at radius 3 is 2.58 bits per heavy atom. The zero-order valence-corrected chi connectivity index (χ0v) is 11.5. The Labute approximate surface area is 114 Å². The summed E-state index contributed by atoms with van der Waals surface area (Å²) in [5.41, 5.74) is 7.72.